The van der Waals surface area contributed by atoms with Crippen molar-refractivity contribution < 1.29 is 18.3 Å². The first kappa shape index (κ1) is 18.9. The van der Waals surface area contributed by atoms with Crippen molar-refractivity contribution in [3.63, 3.8) is 0 Å². The fraction of sp³-hybridized carbons (Fsp3) is 0.647. The van der Waals surface area contributed by atoms with Crippen molar-refractivity contribution in [2.45, 2.75) is 25.7 Å². The Bertz CT molecular complexity index is 762. The van der Waals surface area contributed by atoms with E-state index in [4.69, 9.17) is 0 Å². The molecule has 2 aliphatic heterocycles. The maximum absolute atomic E-state index is 11.7. The molecule has 26 heavy (non-hydrogen) atoms. The molecule has 0 radical (unpaired) electrons. The Kier molecular flexibility index (Phi) is 5.67. The van der Waals surface area contributed by atoms with E-state index in [1.54, 1.807) is 0 Å². The number of hydrogen-bond donors (Lipinski definition) is 2. The van der Waals surface area contributed by atoms with Gasteiger partial charge in [-0.1, -0.05) is 0 Å². The number of nitrogens with zero attached hydrogens (tertiary/aromatic N) is 3. The van der Waals surface area contributed by atoms with Crippen LogP contribution < -0.4 is 9.62 Å². The monoisotopic (exact) mass is 382 g/mol. The molecule has 2 saturated heterocycles. The number of piperidine rings is 1. The molecule has 0 bridgehead atoms. The summed E-state index contributed by atoms with van der Waals surface area (Å²) in [6, 6.07) is 1.34. The third-order valence-electron chi connectivity index (χ3n) is 4.93. The van der Waals surface area contributed by atoms with Gasteiger partial charge in [0.15, 0.2) is 0 Å². The molecule has 0 amide bonds. The van der Waals surface area contributed by atoms with Crippen molar-refractivity contribution in [1.82, 2.24) is 9.88 Å². The van der Waals surface area contributed by atoms with Gasteiger partial charge in [0.05, 0.1) is 18.1 Å². The van der Waals surface area contributed by atoms with Gasteiger partial charge in [-0.2, -0.15) is 0 Å². The van der Waals surface area contributed by atoms with E-state index in [2.05, 4.69) is 14.6 Å². The van der Waals surface area contributed by atoms with Gasteiger partial charge in [-0.15, -0.1) is 0 Å². The Hall–Kier alpha value is -1.87. The van der Waals surface area contributed by atoms with E-state index in [9.17, 15) is 18.3 Å². The first-order chi connectivity index (χ1) is 12.3. The highest BCUT2D eigenvalue weighted by Gasteiger charge is 2.27. The molecule has 1 aromatic heterocycles. The minimum absolute atomic E-state index is 0.0282. The van der Waals surface area contributed by atoms with Crippen LogP contribution in [0.15, 0.2) is 12.3 Å². The molecular weight excluding hydrogens is 356 g/mol. The molecule has 0 aromatic carbocycles. The number of carboxylic acid groups (broad SMARTS) is 1. The second-order valence-corrected chi connectivity index (χ2v) is 8.98. The zero-order valence-corrected chi connectivity index (χ0v) is 15.8. The molecule has 0 saturated carbocycles. The fourth-order valence-corrected chi connectivity index (χ4v) is 4.41. The van der Waals surface area contributed by atoms with Crippen LogP contribution in [-0.4, -0.2) is 68.4 Å². The highest BCUT2D eigenvalue weighted by atomic mass is 32.2. The third-order valence-corrected chi connectivity index (χ3v) is 5.54. The SMILES string of the molecule is CS(=O)(=O)Nc1cnc(N2CCC[C@@H](CN3CCCC3)C2)c(C(=O)O)c1. The van der Waals surface area contributed by atoms with Crippen molar-refractivity contribution in [2.24, 2.45) is 5.92 Å². The summed E-state index contributed by atoms with van der Waals surface area (Å²) < 4.78 is 25.0. The van der Waals surface area contributed by atoms with Crippen LogP contribution in [0.25, 0.3) is 0 Å². The number of likely N-dealkylation sites (tertiary alicyclic amines) is 1. The van der Waals surface area contributed by atoms with Gasteiger partial charge >= 0.3 is 5.97 Å². The maximum atomic E-state index is 11.7. The Morgan fingerprint density at radius 3 is 2.69 bits per heavy atom. The lowest BCUT2D eigenvalue weighted by atomic mass is 9.97. The van der Waals surface area contributed by atoms with E-state index in [0.717, 1.165) is 51.8 Å². The van der Waals surface area contributed by atoms with Crippen molar-refractivity contribution in [2.75, 3.05) is 48.6 Å². The summed E-state index contributed by atoms with van der Waals surface area (Å²) in [6.07, 6.45) is 7.07. The summed E-state index contributed by atoms with van der Waals surface area (Å²) in [5.41, 5.74) is 0.194. The first-order valence-electron chi connectivity index (χ1n) is 9.00. The summed E-state index contributed by atoms with van der Waals surface area (Å²) in [5.74, 6) is -0.187. The van der Waals surface area contributed by atoms with Gasteiger partial charge in [0.2, 0.25) is 10.0 Å². The number of nitrogens with one attached hydrogen (secondary N) is 1. The summed E-state index contributed by atoms with van der Waals surface area (Å²) in [7, 11) is -3.48. The second-order valence-electron chi connectivity index (χ2n) is 7.24. The van der Waals surface area contributed by atoms with Crippen LogP contribution in [0.3, 0.4) is 0 Å². The Labute approximate surface area is 154 Å². The van der Waals surface area contributed by atoms with Crippen molar-refractivity contribution >= 4 is 27.5 Å². The van der Waals surface area contributed by atoms with E-state index in [1.807, 2.05) is 4.90 Å². The molecule has 0 spiro atoms. The lowest BCUT2D eigenvalue weighted by Crippen LogP contribution is -2.41. The number of aromatic nitrogens is 1. The van der Waals surface area contributed by atoms with E-state index in [1.165, 1.54) is 25.1 Å². The van der Waals surface area contributed by atoms with Gasteiger partial charge in [-0.3, -0.25) is 4.72 Å². The van der Waals surface area contributed by atoms with Crippen LogP contribution >= 0.6 is 0 Å². The van der Waals surface area contributed by atoms with Crippen LogP contribution in [-0.2, 0) is 10.0 Å². The summed E-state index contributed by atoms with van der Waals surface area (Å²) >= 11 is 0. The van der Waals surface area contributed by atoms with Gasteiger partial charge in [0.25, 0.3) is 0 Å². The molecule has 2 N–H and O–H groups in total. The molecule has 144 valence electrons. The molecule has 1 atom stereocenters. The van der Waals surface area contributed by atoms with E-state index in [0.29, 0.717) is 11.7 Å². The molecular formula is C17H26N4O4S. The number of sulfonamides is 1. The highest BCUT2D eigenvalue weighted by Crippen LogP contribution is 2.27. The normalized spacial score (nSPS) is 21.7. The molecule has 0 unspecified atom stereocenters. The average molecular weight is 382 g/mol. The van der Waals surface area contributed by atoms with Gasteiger partial charge in [-0.25, -0.2) is 18.2 Å². The van der Waals surface area contributed by atoms with Gasteiger partial charge < -0.3 is 14.9 Å². The van der Waals surface area contributed by atoms with E-state index >= 15 is 0 Å². The van der Waals surface area contributed by atoms with Gasteiger partial charge in [0, 0.05) is 19.6 Å². The number of carboxylic acids is 1. The summed E-state index contributed by atoms with van der Waals surface area (Å²) in [6.45, 7) is 4.90. The lowest BCUT2D eigenvalue weighted by Gasteiger charge is -2.36. The standard InChI is InChI=1S/C17H26N4O4S/c1-26(24,25)19-14-9-15(17(22)23)16(18-10-14)21-8-4-5-13(12-21)11-20-6-2-3-7-20/h9-10,13,19H,2-8,11-12H2,1H3,(H,22,23)/t13-/m0/s1. The van der Waals surface area contributed by atoms with Crippen LogP contribution in [0.5, 0.6) is 0 Å². The third kappa shape index (κ3) is 4.85. The lowest BCUT2D eigenvalue weighted by molar-refractivity contribution is 0.0697. The molecule has 3 heterocycles. The molecule has 2 fully saturated rings. The summed E-state index contributed by atoms with van der Waals surface area (Å²) in [5, 5.41) is 9.56. The maximum Gasteiger partial charge on any atom is 0.339 e. The summed E-state index contributed by atoms with van der Waals surface area (Å²) in [4.78, 5) is 20.5. The predicted molar refractivity (Wildman–Crippen MR) is 100 cm³/mol. The number of carbonyl (C=O) groups is 1. The molecule has 0 aliphatic carbocycles. The predicted octanol–water partition coefficient (Wildman–Crippen LogP) is 1.46. The van der Waals surface area contributed by atoms with Gasteiger partial charge in [0.1, 0.15) is 11.4 Å². The average Bonchev–Trinajstić information content (AvgIpc) is 3.06. The fourth-order valence-electron chi connectivity index (χ4n) is 3.87. The van der Waals surface area contributed by atoms with Crippen molar-refractivity contribution in [3.05, 3.63) is 17.8 Å². The topological polar surface area (TPSA) is 103 Å². The van der Waals surface area contributed by atoms with Crippen LogP contribution in [0.4, 0.5) is 11.5 Å². The Morgan fingerprint density at radius 2 is 2.04 bits per heavy atom. The van der Waals surface area contributed by atoms with Crippen molar-refractivity contribution in [1.29, 1.82) is 0 Å². The smallest absolute Gasteiger partial charge is 0.339 e. The number of aromatic carboxylic acids is 1. The molecule has 1 aromatic rings. The van der Waals surface area contributed by atoms with Crippen LogP contribution in [0.1, 0.15) is 36.0 Å². The molecule has 9 heteroatoms. The van der Waals surface area contributed by atoms with Gasteiger partial charge in [-0.05, 0) is 50.8 Å². The molecule has 2 aliphatic rings. The second kappa shape index (κ2) is 7.79. The largest absolute Gasteiger partial charge is 0.478 e. The first-order valence-corrected chi connectivity index (χ1v) is 10.9. The molecule has 3 rings (SSSR count). The number of pyridine rings is 1. The minimum atomic E-state index is -3.48. The number of rotatable bonds is 6. The quantitative estimate of drug-likeness (QED) is 0.768. The van der Waals surface area contributed by atoms with E-state index < -0.39 is 16.0 Å². The minimum Gasteiger partial charge on any atom is -0.478 e. The molecule has 8 nitrogen and oxygen atoms in total. The highest BCUT2D eigenvalue weighted by molar-refractivity contribution is 7.92. The van der Waals surface area contributed by atoms with Crippen molar-refractivity contribution in [3.8, 4) is 0 Å². The zero-order valence-electron chi connectivity index (χ0n) is 15.0. The van der Waals surface area contributed by atoms with E-state index in [-0.39, 0.29) is 11.3 Å². The van der Waals surface area contributed by atoms with Crippen LogP contribution in [0, 0.1) is 5.92 Å². The van der Waals surface area contributed by atoms with Crippen LogP contribution in [0.2, 0.25) is 0 Å². The number of hydrogen-bond acceptors (Lipinski definition) is 6. The Morgan fingerprint density at radius 1 is 1.31 bits per heavy atom. The Balaban J connectivity index is 1.77. The zero-order chi connectivity index (χ0) is 18.7. The number of anilines is 2.